The molecule has 0 aliphatic carbocycles. The number of thioether (sulfide) groups is 1. The van der Waals surface area contributed by atoms with Crippen LogP contribution in [0.15, 0.2) is 58.2 Å². The van der Waals surface area contributed by atoms with E-state index in [0.29, 0.717) is 22.4 Å². The zero-order chi connectivity index (χ0) is 18.5. The third kappa shape index (κ3) is 4.05. The van der Waals surface area contributed by atoms with Crippen molar-refractivity contribution in [2.75, 3.05) is 14.2 Å². The van der Waals surface area contributed by atoms with E-state index in [0.717, 1.165) is 11.3 Å². The lowest BCUT2D eigenvalue weighted by Gasteiger charge is -2.08. The Balaban J connectivity index is 1.68. The van der Waals surface area contributed by atoms with Crippen molar-refractivity contribution < 1.29 is 18.7 Å². The van der Waals surface area contributed by atoms with Gasteiger partial charge in [-0.3, -0.25) is 4.79 Å². The van der Waals surface area contributed by atoms with Crippen molar-refractivity contribution in [3.63, 3.8) is 0 Å². The summed E-state index contributed by atoms with van der Waals surface area (Å²) in [6.07, 6.45) is 0. The number of methoxy groups -OCH3 is 2. The van der Waals surface area contributed by atoms with E-state index in [1.165, 1.54) is 11.8 Å². The SMILES string of the molecule is COc1ccc(C(=O)[C@H](C)Sc2nnc(-c3ccc(OC)cc3)o2)cc1. The minimum Gasteiger partial charge on any atom is -0.497 e. The summed E-state index contributed by atoms with van der Waals surface area (Å²) in [5.74, 6) is 1.85. The number of rotatable bonds is 7. The Bertz CT molecular complexity index is 875. The molecule has 134 valence electrons. The van der Waals surface area contributed by atoms with Gasteiger partial charge in [-0.05, 0) is 55.5 Å². The van der Waals surface area contributed by atoms with Crippen molar-refractivity contribution in [3.8, 4) is 23.0 Å². The number of hydrogen-bond donors (Lipinski definition) is 0. The standard InChI is InChI=1S/C19H18N2O4S/c1-12(17(22)13-4-8-15(23-2)9-5-13)26-19-21-20-18(25-19)14-6-10-16(24-3)11-7-14/h4-12H,1-3H3/t12-/m0/s1. The van der Waals surface area contributed by atoms with E-state index in [4.69, 9.17) is 13.9 Å². The molecule has 2 aromatic carbocycles. The van der Waals surface area contributed by atoms with Crippen molar-refractivity contribution in [2.24, 2.45) is 0 Å². The van der Waals surface area contributed by atoms with Gasteiger partial charge < -0.3 is 13.9 Å². The predicted octanol–water partition coefficient (Wildman–Crippen LogP) is 4.12. The number of carbonyl (C=O) groups excluding carboxylic acids is 1. The number of benzene rings is 2. The van der Waals surface area contributed by atoms with Crippen LogP contribution in [-0.2, 0) is 0 Å². The van der Waals surface area contributed by atoms with Gasteiger partial charge in [0, 0.05) is 11.1 Å². The van der Waals surface area contributed by atoms with Gasteiger partial charge in [0.15, 0.2) is 5.78 Å². The molecule has 0 N–H and O–H groups in total. The fourth-order valence-corrected chi connectivity index (χ4v) is 3.06. The first-order chi connectivity index (χ1) is 12.6. The number of ether oxygens (including phenoxy) is 2. The highest BCUT2D eigenvalue weighted by atomic mass is 32.2. The third-order valence-electron chi connectivity index (χ3n) is 3.76. The summed E-state index contributed by atoms with van der Waals surface area (Å²) in [6, 6.07) is 14.3. The van der Waals surface area contributed by atoms with Crippen LogP contribution < -0.4 is 9.47 Å². The molecule has 0 bridgehead atoms. The molecule has 0 spiro atoms. The molecule has 0 aliphatic heterocycles. The molecule has 0 aliphatic rings. The van der Waals surface area contributed by atoms with Gasteiger partial charge in [-0.15, -0.1) is 10.2 Å². The first-order valence-corrected chi connectivity index (χ1v) is 8.81. The van der Waals surface area contributed by atoms with Crippen LogP contribution in [0, 0.1) is 0 Å². The van der Waals surface area contributed by atoms with Gasteiger partial charge in [0.2, 0.25) is 5.89 Å². The Kier molecular flexibility index (Phi) is 5.58. The van der Waals surface area contributed by atoms with E-state index in [9.17, 15) is 4.79 Å². The van der Waals surface area contributed by atoms with E-state index in [-0.39, 0.29) is 11.0 Å². The van der Waals surface area contributed by atoms with Crippen LogP contribution in [0.3, 0.4) is 0 Å². The molecular weight excluding hydrogens is 352 g/mol. The first kappa shape index (κ1) is 18.0. The Labute approximate surface area is 155 Å². The van der Waals surface area contributed by atoms with E-state index in [2.05, 4.69) is 10.2 Å². The number of hydrogen-bond acceptors (Lipinski definition) is 7. The van der Waals surface area contributed by atoms with Crippen LogP contribution in [0.1, 0.15) is 17.3 Å². The van der Waals surface area contributed by atoms with Crippen LogP contribution in [0.25, 0.3) is 11.5 Å². The zero-order valence-electron chi connectivity index (χ0n) is 14.6. The average Bonchev–Trinajstić information content (AvgIpc) is 3.16. The fraction of sp³-hybridized carbons (Fsp3) is 0.211. The van der Waals surface area contributed by atoms with Crippen molar-refractivity contribution in [1.29, 1.82) is 0 Å². The van der Waals surface area contributed by atoms with Gasteiger partial charge in [-0.2, -0.15) is 0 Å². The Morgan fingerprint density at radius 2 is 1.54 bits per heavy atom. The molecule has 0 saturated heterocycles. The molecule has 1 heterocycles. The van der Waals surface area contributed by atoms with Crippen molar-refractivity contribution >= 4 is 17.5 Å². The smallest absolute Gasteiger partial charge is 0.277 e. The number of nitrogens with zero attached hydrogens (tertiary/aromatic N) is 2. The number of ketones is 1. The molecule has 0 saturated carbocycles. The maximum Gasteiger partial charge on any atom is 0.277 e. The number of aromatic nitrogens is 2. The van der Waals surface area contributed by atoms with Crippen molar-refractivity contribution in [3.05, 3.63) is 54.1 Å². The molecule has 1 aromatic heterocycles. The topological polar surface area (TPSA) is 74.5 Å². The van der Waals surface area contributed by atoms with E-state index in [1.54, 1.807) is 38.5 Å². The van der Waals surface area contributed by atoms with Gasteiger partial charge in [0.05, 0.1) is 19.5 Å². The molecule has 26 heavy (non-hydrogen) atoms. The van der Waals surface area contributed by atoms with E-state index < -0.39 is 0 Å². The maximum absolute atomic E-state index is 12.5. The highest BCUT2D eigenvalue weighted by molar-refractivity contribution is 8.00. The lowest BCUT2D eigenvalue weighted by Crippen LogP contribution is -2.13. The summed E-state index contributed by atoms with van der Waals surface area (Å²) in [6.45, 7) is 1.81. The van der Waals surface area contributed by atoms with Crippen LogP contribution in [0.5, 0.6) is 11.5 Å². The Morgan fingerprint density at radius 1 is 0.962 bits per heavy atom. The summed E-state index contributed by atoms with van der Waals surface area (Å²) < 4.78 is 15.9. The van der Waals surface area contributed by atoms with Gasteiger partial charge in [0.25, 0.3) is 5.22 Å². The highest BCUT2D eigenvalue weighted by Crippen LogP contribution is 2.28. The van der Waals surface area contributed by atoms with Crippen molar-refractivity contribution in [1.82, 2.24) is 10.2 Å². The molecule has 3 rings (SSSR count). The highest BCUT2D eigenvalue weighted by Gasteiger charge is 2.20. The maximum atomic E-state index is 12.5. The summed E-state index contributed by atoms with van der Waals surface area (Å²) in [7, 11) is 3.20. The largest absolute Gasteiger partial charge is 0.497 e. The fourth-order valence-electron chi connectivity index (χ4n) is 2.30. The molecular formula is C19H18N2O4S. The lowest BCUT2D eigenvalue weighted by molar-refractivity contribution is 0.0993. The summed E-state index contributed by atoms with van der Waals surface area (Å²) >= 11 is 1.23. The van der Waals surface area contributed by atoms with Gasteiger partial charge in [-0.25, -0.2) is 0 Å². The minimum absolute atomic E-state index is 0.0122. The van der Waals surface area contributed by atoms with Gasteiger partial charge >= 0.3 is 0 Å². The molecule has 1 atom stereocenters. The number of carbonyl (C=O) groups is 1. The second-order valence-electron chi connectivity index (χ2n) is 5.45. The van der Waals surface area contributed by atoms with Crippen LogP contribution in [0.2, 0.25) is 0 Å². The average molecular weight is 370 g/mol. The summed E-state index contributed by atoms with van der Waals surface area (Å²) in [5, 5.41) is 8.06. The Morgan fingerprint density at radius 3 is 2.12 bits per heavy atom. The minimum atomic E-state index is -0.354. The molecule has 0 radical (unpaired) electrons. The first-order valence-electron chi connectivity index (χ1n) is 7.93. The van der Waals surface area contributed by atoms with Gasteiger partial charge in [-0.1, -0.05) is 11.8 Å². The van der Waals surface area contributed by atoms with E-state index >= 15 is 0 Å². The lowest BCUT2D eigenvalue weighted by atomic mass is 10.1. The quantitative estimate of drug-likeness (QED) is 0.457. The molecule has 0 amide bonds. The van der Waals surface area contributed by atoms with Crippen LogP contribution >= 0.6 is 11.8 Å². The molecule has 0 fully saturated rings. The van der Waals surface area contributed by atoms with Crippen LogP contribution in [-0.4, -0.2) is 35.5 Å². The second-order valence-corrected chi connectivity index (χ2v) is 6.75. The normalized spacial score (nSPS) is 11.8. The summed E-state index contributed by atoms with van der Waals surface area (Å²) in [5.41, 5.74) is 1.40. The molecule has 0 unspecified atom stereocenters. The predicted molar refractivity (Wildman–Crippen MR) is 98.9 cm³/mol. The molecule has 3 aromatic rings. The second kappa shape index (κ2) is 8.05. The zero-order valence-corrected chi connectivity index (χ0v) is 15.4. The monoisotopic (exact) mass is 370 g/mol. The van der Waals surface area contributed by atoms with Gasteiger partial charge in [0.1, 0.15) is 11.5 Å². The molecule has 6 nitrogen and oxygen atoms in total. The third-order valence-corrected chi connectivity index (χ3v) is 4.70. The summed E-state index contributed by atoms with van der Waals surface area (Å²) in [4.78, 5) is 12.5. The molecule has 7 heteroatoms. The van der Waals surface area contributed by atoms with Crippen LogP contribution in [0.4, 0.5) is 0 Å². The van der Waals surface area contributed by atoms with E-state index in [1.807, 2.05) is 31.2 Å². The number of Topliss-reactive ketones (excluding diaryl/α,β-unsaturated/α-hetero) is 1. The Hall–Kier alpha value is -2.80. The van der Waals surface area contributed by atoms with Crippen molar-refractivity contribution in [2.45, 2.75) is 17.4 Å².